The van der Waals surface area contributed by atoms with Gasteiger partial charge in [-0.3, -0.25) is 0 Å². The van der Waals surface area contributed by atoms with Gasteiger partial charge in [-0.15, -0.1) is 0 Å². The molecule has 1 N–H and O–H groups in total. The van der Waals surface area contributed by atoms with Gasteiger partial charge >= 0.3 is 13.2 Å². The van der Waals surface area contributed by atoms with E-state index in [9.17, 15) is 4.79 Å². The number of nitrogens with zero attached hydrogens (tertiary/aromatic N) is 1. The van der Waals surface area contributed by atoms with Gasteiger partial charge in [-0.25, -0.2) is 4.79 Å². The quantitative estimate of drug-likeness (QED) is 0.733. The van der Waals surface area contributed by atoms with E-state index in [2.05, 4.69) is 38.2 Å². The van der Waals surface area contributed by atoms with Crippen molar-refractivity contribution in [1.29, 1.82) is 0 Å². The lowest BCUT2D eigenvalue weighted by atomic mass is 9.43. The number of carbonyl (C=O) groups is 1. The second-order valence-electron chi connectivity index (χ2n) is 10.7. The van der Waals surface area contributed by atoms with Crippen molar-refractivity contribution in [1.82, 2.24) is 10.2 Å². The minimum atomic E-state index is -0.454. The lowest BCUT2D eigenvalue weighted by molar-refractivity contribution is -0.199. The Bertz CT molecular complexity index is 815. The van der Waals surface area contributed by atoms with Crippen LogP contribution in [0.5, 0.6) is 0 Å². The first-order valence-corrected chi connectivity index (χ1v) is 11.8. The molecule has 168 valence electrons. The molecule has 0 aromatic heterocycles. The van der Waals surface area contributed by atoms with Crippen LogP contribution in [0.1, 0.15) is 45.6 Å². The van der Waals surface area contributed by atoms with Crippen LogP contribution in [-0.4, -0.2) is 62.0 Å². The Labute approximate surface area is 186 Å². The molecular weight excluding hydrogens is 391 g/mol. The summed E-state index contributed by atoms with van der Waals surface area (Å²) in [5.41, 5.74) is 1.16. The van der Waals surface area contributed by atoms with Crippen molar-refractivity contribution in [3.8, 4) is 0 Å². The van der Waals surface area contributed by atoms with E-state index in [4.69, 9.17) is 14.0 Å². The number of benzene rings is 1. The van der Waals surface area contributed by atoms with Crippen LogP contribution in [0.2, 0.25) is 0 Å². The molecule has 0 unspecified atom stereocenters. The monoisotopic (exact) mass is 426 g/mol. The van der Waals surface area contributed by atoms with Crippen molar-refractivity contribution in [2.75, 3.05) is 20.1 Å². The van der Waals surface area contributed by atoms with Crippen molar-refractivity contribution >= 4 is 13.2 Å². The van der Waals surface area contributed by atoms with E-state index in [-0.39, 0.29) is 29.8 Å². The number of hydrogen-bond donors (Lipinski definition) is 1. The third kappa shape index (κ3) is 3.59. The van der Waals surface area contributed by atoms with Crippen molar-refractivity contribution in [2.24, 2.45) is 17.3 Å². The van der Waals surface area contributed by atoms with Crippen molar-refractivity contribution < 1.29 is 18.8 Å². The first kappa shape index (κ1) is 21.3. The molecule has 6 rings (SSSR count). The summed E-state index contributed by atoms with van der Waals surface area (Å²) in [7, 11) is 1.36. The van der Waals surface area contributed by atoms with Crippen LogP contribution >= 0.6 is 0 Å². The van der Waals surface area contributed by atoms with Gasteiger partial charge in [-0.1, -0.05) is 44.2 Å². The Morgan fingerprint density at radius 2 is 2.06 bits per heavy atom. The highest BCUT2D eigenvalue weighted by Crippen LogP contribution is 2.65. The molecule has 3 aliphatic carbocycles. The molecule has 2 bridgehead atoms. The van der Waals surface area contributed by atoms with Gasteiger partial charge in [0.2, 0.25) is 0 Å². The van der Waals surface area contributed by atoms with Crippen LogP contribution in [0.25, 0.3) is 0 Å². The fraction of sp³-hybridized carbons (Fsp3) is 0.708. The highest BCUT2D eigenvalue weighted by Gasteiger charge is 2.68. The number of rotatable bonds is 5. The summed E-state index contributed by atoms with van der Waals surface area (Å²) in [6.07, 6.45) is 3.51. The molecular formula is C24H35BN2O4. The smallest absolute Gasteiger partial charge is 0.445 e. The standard InChI is InChI=1S/C24H35BN2O4/c1-23(2)17-13-19(23)24(3)20(14-17)30-25(31-24)21(12-16-8-6-5-7-9-16)27(4)22(28)29-18-10-11-26-15-18/h5-9,17-21,26H,10-15H2,1-4H3/t17-,18-,19-,20+,21-,24-/m0/s1. The summed E-state index contributed by atoms with van der Waals surface area (Å²) in [6.45, 7) is 8.57. The average molecular weight is 426 g/mol. The Kier molecular flexibility index (Phi) is 5.35. The van der Waals surface area contributed by atoms with Gasteiger partial charge in [0.15, 0.2) is 0 Å². The fourth-order valence-electron chi connectivity index (χ4n) is 6.42. The Hall–Kier alpha value is -1.57. The zero-order chi connectivity index (χ0) is 21.8. The van der Waals surface area contributed by atoms with Crippen molar-refractivity contribution in [3.05, 3.63) is 35.9 Å². The van der Waals surface area contributed by atoms with Gasteiger partial charge in [-0.2, -0.15) is 0 Å². The van der Waals surface area contributed by atoms with Crippen molar-refractivity contribution in [2.45, 2.75) is 70.2 Å². The number of nitrogens with one attached hydrogen (secondary N) is 1. The fourth-order valence-corrected chi connectivity index (χ4v) is 6.42. The second kappa shape index (κ2) is 7.78. The molecule has 3 saturated carbocycles. The predicted octanol–water partition coefficient (Wildman–Crippen LogP) is 3.30. The maximum absolute atomic E-state index is 13.0. The van der Waals surface area contributed by atoms with Gasteiger partial charge in [-0.05, 0) is 62.0 Å². The zero-order valence-electron chi connectivity index (χ0n) is 19.2. The van der Waals surface area contributed by atoms with Gasteiger partial charge in [0, 0.05) is 13.6 Å². The first-order valence-electron chi connectivity index (χ1n) is 11.8. The van der Waals surface area contributed by atoms with Gasteiger partial charge in [0.25, 0.3) is 0 Å². The molecule has 31 heavy (non-hydrogen) atoms. The van der Waals surface area contributed by atoms with Crippen LogP contribution in [0.15, 0.2) is 30.3 Å². The SMILES string of the molecule is CN(C(=O)O[C@H]1CCNC1)[C@@H](Cc1ccccc1)B1O[C@@H]2C[C@@H]3C[C@@H](C3(C)C)[C@]2(C)O1. The Morgan fingerprint density at radius 1 is 1.29 bits per heavy atom. The number of carbonyl (C=O) groups excluding carboxylic acids is 1. The number of hydrogen-bond acceptors (Lipinski definition) is 5. The molecule has 2 heterocycles. The molecule has 1 amide bonds. The number of ether oxygens (including phenoxy) is 1. The Balaban J connectivity index is 1.36. The number of likely N-dealkylation sites (N-methyl/N-ethyl adjacent to an activating group) is 1. The maximum atomic E-state index is 13.0. The highest BCUT2D eigenvalue weighted by molar-refractivity contribution is 6.47. The summed E-state index contributed by atoms with van der Waals surface area (Å²) in [5.74, 6) is 0.947. The van der Waals surface area contributed by atoms with Crippen LogP contribution in [0, 0.1) is 17.3 Å². The second-order valence-corrected chi connectivity index (χ2v) is 10.7. The molecule has 0 radical (unpaired) electrons. The van der Waals surface area contributed by atoms with Crippen LogP contribution in [0.4, 0.5) is 4.79 Å². The van der Waals surface area contributed by atoms with E-state index in [0.717, 1.165) is 31.5 Å². The minimum absolute atomic E-state index is 0.0640. The normalized spacial score (nSPS) is 36.5. The van der Waals surface area contributed by atoms with Crippen molar-refractivity contribution in [3.63, 3.8) is 0 Å². The molecule has 6 atom stereocenters. The van der Waals surface area contributed by atoms with E-state index in [1.807, 2.05) is 25.2 Å². The lowest BCUT2D eigenvalue weighted by Crippen LogP contribution is -2.65. The first-order chi connectivity index (χ1) is 14.8. The third-order valence-corrected chi connectivity index (χ3v) is 8.64. The predicted molar refractivity (Wildman–Crippen MR) is 120 cm³/mol. The topological polar surface area (TPSA) is 60.0 Å². The largest absolute Gasteiger partial charge is 0.482 e. The molecule has 2 saturated heterocycles. The molecule has 1 aromatic carbocycles. The minimum Gasteiger partial charge on any atom is -0.445 e. The van der Waals surface area contributed by atoms with Crippen LogP contribution in [-0.2, 0) is 20.5 Å². The van der Waals surface area contributed by atoms with E-state index in [1.165, 1.54) is 6.42 Å². The Morgan fingerprint density at radius 3 is 2.74 bits per heavy atom. The van der Waals surface area contributed by atoms with Gasteiger partial charge in [0.05, 0.1) is 17.6 Å². The molecule has 1 aromatic rings. The van der Waals surface area contributed by atoms with Gasteiger partial charge in [0.1, 0.15) is 6.10 Å². The molecule has 5 aliphatic rings. The summed E-state index contributed by atoms with van der Waals surface area (Å²) in [6, 6.07) is 10.3. The molecule has 2 aliphatic heterocycles. The van der Waals surface area contributed by atoms with E-state index in [0.29, 0.717) is 23.7 Å². The average Bonchev–Trinajstić information content (AvgIpc) is 3.38. The van der Waals surface area contributed by atoms with E-state index in [1.54, 1.807) is 4.90 Å². The van der Waals surface area contributed by atoms with Crippen LogP contribution in [0.3, 0.4) is 0 Å². The zero-order valence-corrected chi connectivity index (χ0v) is 19.2. The summed E-state index contributed by atoms with van der Waals surface area (Å²) in [4.78, 5) is 14.7. The lowest BCUT2D eigenvalue weighted by Gasteiger charge is -2.64. The number of amides is 1. The molecule has 6 nitrogen and oxygen atoms in total. The summed E-state index contributed by atoms with van der Waals surface area (Å²) < 4.78 is 19.1. The molecule has 5 fully saturated rings. The van der Waals surface area contributed by atoms with Gasteiger partial charge < -0.3 is 24.3 Å². The summed E-state index contributed by atoms with van der Waals surface area (Å²) >= 11 is 0. The third-order valence-electron chi connectivity index (χ3n) is 8.64. The summed E-state index contributed by atoms with van der Waals surface area (Å²) in [5, 5.41) is 3.25. The van der Waals surface area contributed by atoms with E-state index < -0.39 is 7.12 Å². The highest BCUT2D eigenvalue weighted by atomic mass is 16.7. The van der Waals surface area contributed by atoms with Crippen LogP contribution < -0.4 is 5.32 Å². The molecule has 0 spiro atoms. The van der Waals surface area contributed by atoms with E-state index >= 15 is 0 Å². The molecule has 7 heteroatoms. The maximum Gasteiger partial charge on any atom is 0.482 e.